The van der Waals surface area contributed by atoms with E-state index in [1.165, 1.54) is 44.9 Å². The average molecular weight is 487 g/mol. The van der Waals surface area contributed by atoms with Gasteiger partial charge in [0, 0.05) is 18.8 Å². The van der Waals surface area contributed by atoms with Crippen LogP contribution in [-0.2, 0) is 19.0 Å². The fourth-order valence-electron chi connectivity index (χ4n) is 10.8. The second-order valence-electron chi connectivity index (χ2n) is 14.3. The summed E-state index contributed by atoms with van der Waals surface area (Å²) in [4.78, 5) is 12.1. The van der Waals surface area contributed by atoms with E-state index in [4.69, 9.17) is 14.2 Å². The number of fused-ring (bicyclic) bond motifs is 7. The summed E-state index contributed by atoms with van der Waals surface area (Å²) in [6, 6.07) is 0. The van der Waals surface area contributed by atoms with Gasteiger partial charge in [0.25, 0.3) is 0 Å². The van der Waals surface area contributed by atoms with Gasteiger partial charge in [0.15, 0.2) is 5.79 Å². The Morgan fingerprint density at radius 3 is 2.49 bits per heavy atom. The number of ether oxygens (including phenoxy) is 3. The molecule has 6 aliphatic rings. The fraction of sp³-hybridized carbons (Fsp3) is 0.968. The third-order valence-corrected chi connectivity index (χ3v) is 12.6. The molecule has 6 rings (SSSR count). The van der Waals surface area contributed by atoms with Crippen LogP contribution < -0.4 is 0 Å². The molecule has 0 amide bonds. The van der Waals surface area contributed by atoms with Crippen LogP contribution in [0.1, 0.15) is 112 Å². The first-order valence-electron chi connectivity index (χ1n) is 15.2. The van der Waals surface area contributed by atoms with Gasteiger partial charge in [-0.3, -0.25) is 4.79 Å². The van der Waals surface area contributed by atoms with Crippen LogP contribution in [0.25, 0.3) is 0 Å². The molecule has 0 N–H and O–H groups in total. The Morgan fingerprint density at radius 2 is 1.74 bits per heavy atom. The van der Waals surface area contributed by atoms with Crippen LogP contribution in [0.2, 0.25) is 0 Å². The molecule has 4 nitrogen and oxygen atoms in total. The Bertz CT molecular complexity index is 817. The van der Waals surface area contributed by atoms with E-state index in [2.05, 4.69) is 34.6 Å². The highest BCUT2D eigenvalue weighted by Gasteiger charge is 2.69. The Hall–Kier alpha value is -0.610. The van der Waals surface area contributed by atoms with E-state index in [1.54, 1.807) is 0 Å². The van der Waals surface area contributed by atoms with Gasteiger partial charge in [0.2, 0.25) is 0 Å². The molecule has 0 bridgehead atoms. The largest absolute Gasteiger partial charge is 0.462 e. The molecule has 0 unspecified atom stereocenters. The van der Waals surface area contributed by atoms with Crippen molar-refractivity contribution in [2.24, 2.45) is 52.3 Å². The van der Waals surface area contributed by atoms with Gasteiger partial charge < -0.3 is 14.2 Å². The van der Waals surface area contributed by atoms with Crippen LogP contribution in [-0.4, -0.2) is 30.6 Å². The van der Waals surface area contributed by atoms with Crippen LogP contribution in [0.4, 0.5) is 0 Å². The Labute approximate surface area is 213 Å². The van der Waals surface area contributed by atoms with Crippen molar-refractivity contribution >= 4 is 5.97 Å². The minimum atomic E-state index is -0.302. The Balaban J connectivity index is 1.17. The van der Waals surface area contributed by atoms with Crippen LogP contribution >= 0.6 is 0 Å². The molecule has 2 heterocycles. The third kappa shape index (κ3) is 3.69. The Kier molecular flexibility index (Phi) is 6.15. The van der Waals surface area contributed by atoms with E-state index >= 15 is 0 Å². The highest BCUT2D eigenvalue weighted by Crippen LogP contribution is 2.71. The van der Waals surface area contributed by atoms with E-state index in [1.807, 2.05) is 0 Å². The third-order valence-electron chi connectivity index (χ3n) is 12.6. The van der Waals surface area contributed by atoms with Crippen molar-refractivity contribution in [3.8, 4) is 0 Å². The molecule has 0 aromatic heterocycles. The number of hydrogen-bond acceptors (Lipinski definition) is 4. The lowest BCUT2D eigenvalue weighted by Crippen LogP contribution is -2.55. The van der Waals surface area contributed by atoms with E-state index in [0.29, 0.717) is 41.1 Å². The van der Waals surface area contributed by atoms with E-state index < -0.39 is 0 Å². The number of carbonyl (C=O) groups is 1. The quantitative estimate of drug-likeness (QED) is 0.398. The second kappa shape index (κ2) is 8.72. The van der Waals surface area contributed by atoms with Gasteiger partial charge in [0.1, 0.15) is 6.10 Å². The first kappa shape index (κ1) is 24.7. The van der Waals surface area contributed by atoms with Crippen molar-refractivity contribution in [1.29, 1.82) is 0 Å². The highest BCUT2D eigenvalue weighted by atomic mass is 16.7. The topological polar surface area (TPSA) is 44.8 Å². The van der Waals surface area contributed by atoms with Crippen molar-refractivity contribution in [1.82, 2.24) is 0 Å². The molecule has 35 heavy (non-hydrogen) atoms. The fourth-order valence-corrected chi connectivity index (χ4v) is 10.8. The van der Waals surface area contributed by atoms with E-state index in [9.17, 15) is 4.79 Å². The Morgan fingerprint density at radius 1 is 0.943 bits per heavy atom. The van der Waals surface area contributed by atoms with Gasteiger partial charge in [-0.1, -0.05) is 34.6 Å². The first-order valence-corrected chi connectivity index (χ1v) is 15.2. The highest BCUT2D eigenvalue weighted by molar-refractivity contribution is 5.69. The van der Waals surface area contributed by atoms with Crippen LogP contribution in [0, 0.1) is 52.3 Å². The summed E-state index contributed by atoms with van der Waals surface area (Å²) >= 11 is 0. The lowest BCUT2D eigenvalue weighted by molar-refractivity contribution is -0.273. The summed E-state index contributed by atoms with van der Waals surface area (Å²) in [7, 11) is 0. The second-order valence-corrected chi connectivity index (χ2v) is 14.3. The van der Waals surface area contributed by atoms with Crippen LogP contribution in [0.5, 0.6) is 0 Å². The number of hydrogen-bond donors (Lipinski definition) is 0. The molecule has 1 spiro atoms. The van der Waals surface area contributed by atoms with Gasteiger partial charge >= 0.3 is 5.97 Å². The SMILES string of the molecule is CCCC(=O)O[C@@H]1CC[C@@]2(C)[C@@H](CC[C@H]3[C@H]2CC[C@]2(C)[C@H]4[C@H](C[C@H]32)O[C@]2(CC[C@H](C)CO2)[C@H]4C)C1. The average Bonchev–Trinajstić information content (AvgIpc) is 3.26. The first-order chi connectivity index (χ1) is 16.7. The lowest BCUT2D eigenvalue weighted by Gasteiger charge is -2.61. The van der Waals surface area contributed by atoms with Gasteiger partial charge in [-0.2, -0.15) is 0 Å². The maximum Gasteiger partial charge on any atom is 0.306 e. The smallest absolute Gasteiger partial charge is 0.306 e. The van der Waals surface area contributed by atoms with Crippen LogP contribution in [0.3, 0.4) is 0 Å². The van der Waals surface area contributed by atoms with E-state index in [0.717, 1.165) is 56.0 Å². The molecule has 2 saturated heterocycles. The zero-order valence-corrected chi connectivity index (χ0v) is 23.0. The summed E-state index contributed by atoms with van der Waals surface area (Å²) in [5, 5.41) is 0. The normalized spacial score (nSPS) is 55.1. The van der Waals surface area contributed by atoms with Gasteiger partial charge in [-0.25, -0.2) is 0 Å². The monoisotopic (exact) mass is 486 g/mol. The van der Waals surface area contributed by atoms with Crippen molar-refractivity contribution < 1.29 is 19.0 Å². The van der Waals surface area contributed by atoms with Gasteiger partial charge in [-0.15, -0.1) is 0 Å². The minimum Gasteiger partial charge on any atom is -0.462 e. The van der Waals surface area contributed by atoms with Crippen LogP contribution in [0.15, 0.2) is 0 Å². The molecule has 0 radical (unpaired) electrons. The number of esters is 1. The molecule has 198 valence electrons. The summed E-state index contributed by atoms with van der Waals surface area (Å²) < 4.78 is 19.3. The molecule has 4 saturated carbocycles. The molecule has 2 aliphatic heterocycles. The van der Waals surface area contributed by atoms with Crippen molar-refractivity contribution in [3.63, 3.8) is 0 Å². The summed E-state index contributed by atoms with van der Waals surface area (Å²) in [6.45, 7) is 12.9. The molecular formula is C31H50O4. The van der Waals surface area contributed by atoms with Crippen molar-refractivity contribution in [2.45, 2.75) is 130 Å². The predicted molar refractivity (Wildman–Crippen MR) is 137 cm³/mol. The maximum absolute atomic E-state index is 12.1. The van der Waals surface area contributed by atoms with Gasteiger partial charge in [0.05, 0.1) is 12.7 Å². The molecule has 0 aromatic carbocycles. The molecule has 4 heteroatoms. The molecule has 4 aliphatic carbocycles. The van der Waals surface area contributed by atoms with E-state index in [-0.39, 0.29) is 17.9 Å². The van der Waals surface area contributed by atoms with Crippen molar-refractivity contribution in [3.05, 3.63) is 0 Å². The molecule has 0 aromatic rings. The minimum absolute atomic E-state index is 0.0176. The summed E-state index contributed by atoms with van der Waals surface area (Å²) in [6.07, 6.45) is 14.4. The molecular weight excluding hydrogens is 436 g/mol. The molecule has 12 atom stereocenters. The predicted octanol–water partition coefficient (Wildman–Crippen LogP) is 7.14. The standard InChI is InChI=1S/C31H50O4/c1-6-7-27(32)34-22-11-13-29(4)21(16-22)8-9-23-24(29)12-14-30(5)25(23)17-26-28(30)20(3)31(35-26)15-10-19(2)18-33-31/h19-26,28H,6-18H2,1-5H3/t19-,20-,21-,22+,23-,24+,25+,26-,28+,29-,30-,31+/m0/s1. The molecule has 6 fully saturated rings. The summed E-state index contributed by atoms with van der Waals surface area (Å²) in [5.74, 6) is 4.74. The zero-order valence-electron chi connectivity index (χ0n) is 23.0. The summed E-state index contributed by atoms with van der Waals surface area (Å²) in [5.41, 5.74) is 0.823. The number of rotatable bonds is 3. The zero-order chi connectivity index (χ0) is 24.6. The maximum atomic E-state index is 12.1. The van der Waals surface area contributed by atoms with Crippen molar-refractivity contribution in [2.75, 3.05) is 6.61 Å². The van der Waals surface area contributed by atoms with Gasteiger partial charge in [-0.05, 0) is 111 Å². The number of carbonyl (C=O) groups excluding carboxylic acids is 1. The lowest BCUT2D eigenvalue weighted by atomic mass is 9.44.